The fourth-order valence-electron chi connectivity index (χ4n) is 1.97. The normalized spacial score (nSPS) is 20.2. The number of fused-ring (bicyclic) bond motifs is 1. The fraction of sp³-hybridized carbons (Fsp3) is 0.385. The average molecular weight is 245 g/mol. The molecule has 3 nitrogen and oxygen atoms in total. The number of hydrogen-bond acceptors (Lipinski definition) is 3. The molecule has 2 aromatic heterocycles. The Morgan fingerprint density at radius 2 is 2.35 bits per heavy atom. The van der Waals surface area contributed by atoms with Crippen LogP contribution in [0.25, 0.3) is 10.9 Å². The molecule has 0 fully saturated rings. The van der Waals surface area contributed by atoms with Crippen molar-refractivity contribution in [3.05, 3.63) is 30.2 Å². The first-order valence-corrected chi connectivity index (χ1v) is 6.86. The number of pyridine rings is 1. The van der Waals surface area contributed by atoms with Crippen LogP contribution in [0.2, 0.25) is 0 Å². The van der Waals surface area contributed by atoms with Crippen molar-refractivity contribution < 1.29 is 0 Å². The van der Waals surface area contributed by atoms with Crippen molar-refractivity contribution in [2.75, 3.05) is 5.75 Å². The highest BCUT2D eigenvalue weighted by Gasteiger charge is 2.22. The van der Waals surface area contributed by atoms with Crippen LogP contribution in [0.4, 0.5) is 0 Å². The molecule has 1 N–H and O–H groups in total. The van der Waals surface area contributed by atoms with Crippen LogP contribution in [-0.2, 0) is 0 Å². The second-order valence-electron chi connectivity index (χ2n) is 4.70. The molecule has 3 rings (SSSR count). The standard InChI is InChI=1S/C13H15N3S/c1-8(2)12-7-17-13(16-12)11-5-9-6-14-4-3-10(9)15-11/h3-6,8,12,15H,7H2,1-2H3. The van der Waals surface area contributed by atoms with Gasteiger partial charge in [0.05, 0.1) is 11.7 Å². The van der Waals surface area contributed by atoms with Crippen LogP contribution in [-0.4, -0.2) is 26.8 Å². The largest absolute Gasteiger partial charge is 0.353 e. The Labute approximate surface area is 105 Å². The van der Waals surface area contributed by atoms with Gasteiger partial charge in [-0.25, -0.2) is 0 Å². The highest BCUT2D eigenvalue weighted by molar-refractivity contribution is 8.14. The molecule has 0 radical (unpaired) electrons. The number of aromatic amines is 1. The number of aromatic nitrogens is 2. The Morgan fingerprint density at radius 1 is 1.47 bits per heavy atom. The smallest absolute Gasteiger partial charge is 0.114 e. The van der Waals surface area contributed by atoms with Crippen molar-refractivity contribution >= 4 is 27.7 Å². The Hall–Kier alpha value is -1.29. The van der Waals surface area contributed by atoms with Crippen molar-refractivity contribution in [1.29, 1.82) is 0 Å². The molecule has 3 heterocycles. The van der Waals surface area contributed by atoms with Gasteiger partial charge in [0.2, 0.25) is 0 Å². The Balaban J connectivity index is 1.97. The van der Waals surface area contributed by atoms with E-state index in [-0.39, 0.29) is 0 Å². The molecule has 0 amide bonds. The zero-order valence-corrected chi connectivity index (χ0v) is 10.8. The highest BCUT2D eigenvalue weighted by Crippen LogP contribution is 2.28. The van der Waals surface area contributed by atoms with E-state index in [1.54, 1.807) is 0 Å². The van der Waals surface area contributed by atoms with Crippen molar-refractivity contribution in [2.45, 2.75) is 19.9 Å². The third kappa shape index (κ3) is 1.97. The second-order valence-corrected chi connectivity index (χ2v) is 5.71. The lowest BCUT2D eigenvalue weighted by atomic mass is 10.1. The predicted molar refractivity (Wildman–Crippen MR) is 73.7 cm³/mol. The Morgan fingerprint density at radius 3 is 3.06 bits per heavy atom. The zero-order valence-electron chi connectivity index (χ0n) is 9.97. The van der Waals surface area contributed by atoms with Gasteiger partial charge in [0.15, 0.2) is 0 Å². The topological polar surface area (TPSA) is 41.0 Å². The predicted octanol–water partition coefficient (Wildman–Crippen LogP) is 3.08. The summed E-state index contributed by atoms with van der Waals surface area (Å²) in [5, 5.41) is 2.29. The number of hydrogen-bond donors (Lipinski definition) is 1. The van der Waals surface area contributed by atoms with E-state index in [0.29, 0.717) is 12.0 Å². The maximum atomic E-state index is 4.78. The van der Waals surface area contributed by atoms with Crippen LogP contribution < -0.4 is 0 Å². The maximum absolute atomic E-state index is 4.78. The summed E-state index contributed by atoms with van der Waals surface area (Å²) < 4.78 is 0. The molecule has 17 heavy (non-hydrogen) atoms. The molecule has 0 bridgehead atoms. The molecule has 1 aliphatic rings. The molecule has 1 aliphatic heterocycles. The van der Waals surface area contributed by atoms with Gasteiger partial charge in [-0.1, -0.05) is 13.8 Å². The van der Waals surface area contributed by atoms with E-state index in [1.807, 2.05) is 30.2 Å². The van der Waals surface area contributed by atoms with Gasteiger partial charge >= 0.3 is 0 Å². The number of aliphatic imine (C=N–C) groups is 1. The summed E-state index contributed by atoms with van der Waals surface area (Å²) in [5.41, 5.74) is 2.26. The van der Waals surface area contributed by atoms with Gasteiger partial charge in [-0.15, -0.1) is 11.8 Å². The van der Waals surface area contributed by atoms with E-state index < -0.39 is 0 Å². The number of thioether (sulfide) groups is 1. The third-order valence-corrected chi connectivity index (χ3v) is 4.20. The number of rotatable bonds is 2. The monoisotopic (exact) mass is 245 g/mol. The summed E-state index contributed by atoms with van der Waals surface area (Å²) in [6, 6.07) is 4.59. The summed E-state index contributed by atoms with van der Waals surface area (Å²) in [6.07, 6.45) is 3.69. The highest BCUT2D eigenvalue weighted by atomic mass is 32.2. The first kappa shape index (κ1) is 10.8. The lowest BCUT2D eigenvalue weighted by Gasteiger charge is -2.07. The van der Waals surface area contributed by atoms with Crippen molar-refractivity contribution in [3.63, 3.8) is 0 Å². The van der Waals surface area contributed by atoms with E-state index >= 15 is 0 Å². The lowest BCUT2D eigenvalue weighted by molar-refractivity contribution is 0.543. The summed E-state index contributed by atoms with van der Waals surface area (Å²) in [6.45, 7) is 4.46. The number of H-pyrrole nitrogens is 1. The molecule has 0 spiro atoms. The first-order valence-electron chi connectivity index (χ1n) is 5.88. The van der Waals surface area contributed by atoms with Crippen LogP contribution >= 0.6 is 11.8 Å². The molecule has 0 saturated carbocycles. The SMILES string of the molecule is CC(C)C1CSC(c2cc3cnccc3[nH]2)=N1. The molecular formula is C13H15N3S. The minimum absolute atomic E-state index is 0.458. The van der Waals surface area contributed by atoms with E-state index in [0.717, 1.165) is 27.4 Å². The summed E-state index contributed by atoms with van der Waals surface area (Å²) >= 11 is 1.85. The van der Waals surface area contributed by atoms with Crippen LogP contribution in [0.3, 0.4) is 0 Å². The molecular weight excluding hydrogens is 230 g/mol. The van der Waals surface area contributed by atoms with E-state index in [1.165, 1.54) is 0 Å². The summed E-state index contributed by atoms with van der Waals surface area (Å²) in [7, 11) is 0. The van der Waals surface area contributed by atoms with Crippen molar-refractivity contribution in [3.8, 4) is 0 Å². The quantitative estimate of drug-likeness (QED) is 0.883. The molecule has 0 saturated heterocycles. The van der Waals surface area contributed by atoms with Crippen molar-refractivity contribution in [2.24, 2.45) is 10.9 Å². The summed E-state index contributed by atoms with van der Waals surface area (Å²) in [4.78, 5) is 12.3. The van der Waals surface area contributed by atoms with Crippen LogP contribution in [0.15, 0.2) is 29.5 Å². The van der Waals surface area contributed by atoms with E-state index in [4.69, 9.17) is 4.99 Å². The molecule has 4 heteroatoms. The van der Waals surface area contributed by atoms with Crippen molar-refractivity contribution in [1.82, 2.24) is 9.97 Å². The second kappa shape index (κ2) is 4.18. The number of nitrogens with one attached hydrogen (secondary N) is 1. The third-order valence-electron chi connectivity index (χ3n) is 3.09. The Kier molecular flexibility index (Phi) is 2.67. The average Bonchev–Trinajstić information content (AvgIpc) is 2.95. The lowest BCUT2D eigenvalue weighted by Crippen LogP contribution is -2.11. The van der Waals surface area contributed by atoms with Gasteiger partial charge in [-0.2, -0.15) is 0 Å². The van der Waals surface area contributed by atoms with Gasteiger partial charge < -0.3 is 4.98 Å². The van der Waals surface area contributed by atoms with E-state index in [9.17, 15) is 0 Å². The molecule has 1 unspecified atom stereocenters. The zero-order chi connectivity index (χ0) is 11.8. The van der Waals surface area contributed by atoms with Gasteiger partial charge in [-0.05, 0) is 18.1 Å². The van der Waals surface area contributed by atoms with Crippen LogP contribution in [0.5, 0.6) is 0 Å². The maximum Gasteiger partial charge on any atom is 0.114 e. The van der Waals surface area contributed by atoms with Gasteiger partial charge in [-0.3, -0.25) is 9.98 Å². The number of nitrogens with zero attached hydrogens (tertiary/aromatic N) is 2. The Bertz CT molecular complexity index is 538. The minimum atomic E-state index is 0.458. The van der Waals surface area contributed by atoms with E-state index in [2.05, 4.69) is 29.9 Å². The fourth-order valence-corrected chi connectivity index (χ4v) is 3.23. The summed E-state index contributed by atoms with van der Waals surface area (Å²) in [5.74, 6) is 1.71. The molecule has 2 aromatic rings. The molecule has 0 aromatic carbocycles. The van der Waals surface area contributed by atoms with Crippen LogP contribution in [0, 0.1) is 5.92 Å². The van der Waals surface area contributed by atoms with Crippen LogP contribution in [0.1, 0.15) is 19.5 Å². The molecule has 0 aliphatic carbocycles. The molecule has 1 atom stereocenters. The van der Waals surface area contributed by atoms with Gasteiger partial charge in [0.1, 0.15) is 5.04 Å². The first-order chi connectivity index (χ1) is 8.24. The molecule has 88 valence electrons. The van der Waals surface area contributed by atoms with Gasteiger partial charge in [0, 0.05) is 29.0 Å². The van der Waals surface area contributed by atoms with Gasteiger partial charge in [0.25, 0.3) is 0 Å². The minimum Gasteiger partial charge on any atom is -0.353 e.